The minimum Gasteiger partial charge on any atom is -0.488 e. The molecule has 1 aliphatic heterocycles. The Morgan fingerprint density at radius 2 is 2.33 bits per heavy atom. The molecule has 0 amide bonds. The largest absolute Gasteiger partial charge is 0.488 e. The maximum Gasteiger partial charge on any atom is 0.181 e. The topological polar surface area (TPSA) is 66.0 Å². The Labute approximate surface area is 86.5 Å². The standard InChI is InChI=1S/C10H10N4O/c11-7-6-15-8-2-1-3-12-10(8)14-5-4-13-9(7)14/h1-5,7H,6,11H2. The Morgan fingerprint density at radius 1 is 1.40 bits per heavy atom. The van der Waals surface area contributed by atoms with Gasteiger partial charge >= 0.3 is 0 Å². The fraction of sp³-hybridized carbons (Fsp3) is 0.200. The van der Waals surface area contributed by atoms with Crippen LogP contribution in [0.4, 0.5) is 0 Å². The molecule has 2 aromatic rings. The highest BCUT2D eigenvalue weighted by molar-refractivity contribution is 5.42. The lowest BCUT2D eigenvalue weighted by molar-refractivity contribution is 0.293. The minimum absolute atomic E-state index is 0.214. The van der Waals surface area contributed by atoms with E-state index < -0.39 is 0 Å². The zero-order valence-electron chi connectivity index (χ0n) is 8.00. The molecule has 1 aliphatic rings. The van der Waals surface area contributed by atoms with Crippen molar-refractivity contribution in [1.82, 2.24) is 14.5 Å². The molecule has 0 aromatic carbocycles. The molecular formula is C10H10N4O. The van der Waals surface area contributed by atoms with E-state index in [-0.39, 0.29) is 6.04 Å². The smallest absolute Gasteiger partial charge is 0.181 e. The van der Waals surface area contributed by atoms with Gasteiger partial charge in [0.1, 0.15) is 12.4 Å². The van der Waals surface area contributed by atoms with Gasteiger partial charge in [-0.25, -0.2) is 9.97 Å². The molecule has 3 heterocycles. The van der Waals surface area contributed by atoms with Crippen molar-refractivity contribution in [1.29, 1.82) is 0 Å². The van der Waals surface area contributed by atoms with Crippen molar-refractivity contribution in [3.63, 3.8) is 0 Å². The average Bonchev–Trinajstić information content (AvgIpc) is 2.71. The quantitative estimate of drug-likeness (QED) is 0.681. The van der Waals surface area contributed by atoms with Crippen LogP contribution in [0.25, 0.3) is 5.82 Å². The van der Waals surface area contributed by atoms with Crippen LogP contribution in [0.2, 0.25) is 0 Å². The molecule has 0 spiro atoms. The predicted octanol–water partition coefficient (Wildman–Crippen LogP) is 0.659. The van der Waals surface area contributed by atoms with Gasteiger partial charge in [0, 0.05) is 18.6 Å². The van der Waals surface area contributed by atoms with E-state index >= 15 is 0 Å². The first-order chi connectivity index (χ1) is 7.36. The summed E-state index contributed by atoms with van der Waals surface area (Å²) in [6.45, 7) is 0.426. The van der Waals surface area contributed by atoms with Crippen molar-refractivity contribution in [2.45, 2.75) is 6.04 Å². The second kappa shape index (κ2) is 3.06. The summed E-state index contributed by atoms with van der Waals surface area (Å²) in [6.07, 6.45) is 5.29. The van der Waals surface area contributed by atoms with E-state index in [9.17, 15) is 0 Å². The third kappa shape index (κ3) is 1.20. The van der Waals surface area contributed by atoms with Crippen LogP contribution in [0.1, 0.15) is 11.9 Å². The molecule has 76 valence electrons. The van der Waals surface area contributed by atoms with Gasteiger partial charge in [-0.1, -0.05) is 0 Å². The molecule has 1 atom stereocenters. The average molecular weight is 202 g/mol. The van der Waals surface area contributed by atoms with Crippen LogP contribution in [-0.2, 0) is 0 Å². The molecule has 5 heteroatoms. The van der Waals surface area contributed by atoms with Gasteiger partial charge in [0.25, 0.3) is 0 Å². The summed E-state index contributed by atoms with van der Waals surface area (Å²) in [5.74, 6) is 2.27. The molecule has 15 heavy (non-hydrogen) atoms. The van der Waals surface area contributed by atoms with Gasteiger partial charge in [-0.2, -0.15) is 0 Å². The van der Waals surface area contributed by atoms with Gasteiger partial charge in [-0.15, -0.1) is 0 Å². The summed E-state index contributed by atoms with van der Waals surface area (Å²) in [6, 6.07) is 3.50. The minimum atomic E-state index is -0.214. The highest BCUT2D eigenvalue weighted by Crippen LogP contribution is 2.26. The summed E-state index contributed by atoms with van der Waals surface area (Å²) in [4.78, 5) is 8.48. The number of hydrogen-bond acceptors (Lipinski definition) is 4. The van der Waals surface area contributed by atoms with Crippen molar-refractivity contribution in [2.24, 2.45) is 5.73 Å². The zero-order chi connectivity index (χ0) is 10.3. The van der Waals surface area contributed by atoms with Crippen LogP contribution in [0, 0.1) is 0 Å². The number of nitrogens with zero attached hydrogens (tertiary/aromatic N) is 3. The van der Waals surface area contributed by atoms with E-state index in [0.29, 0.717) is 6.61 Å². The van der Waals surface area contributed by atoms with Crippen molar-refractivity contribution in [3.8, 4) is 11.6 Å². The molecule has 3 rings (SSSR count). The molecule has 0 saturated carbocycles. The van der Waals surface area contributed by atoms with Crippen LogP contribution in [-0.4, -0.2) is 21.1 Å². The van der Waals surface area contributed by atoms with Crippen molar-refractivity contribution < 1.29 is 4.74 Å². The van der Waals surface area contributed by atoms with Crippen LogP contribution in [0.3, 0.4) is 0 Å². The molecule has 0 radical (unpaired) electrons. The zero-order valence-corrected chi connectivity index (χ0v) is 8.00. The number of pyridine rings is 1. The highest BCUT2D eigenvalue weighted by atomic mass is 16.5. The Hall–Kier alpha value is -1.88. The Kier molecular flexibility index (Phi) is 1.72. The molecule has 2 N–H and O–H groups in total. The number of fused-ring (bicyclic) bond motifs is 3. The third-order valence-electron chi connectivity index (χ3n) is 2.40. The first-order valence-electron chi connectivity index (χ1n) is 4.73. The maximum atomic E-state index is 5.93. The van der Waals surface area contributed by atoms with Gasteiger partial charge in [-0.05, 0) is 12.1 Å². The lowest BCUT2D eigenvalue weighted by Gasteiger charge is -2.06. The molecule has 0 fully saturated rings. The fourth-order valence-corrected chi connectivity index (χ4v) is 1.70. The van der Waals surface area contributed by atoms with Gasteiger partial charge < -0.3 is 10.5 Å². The van der Waals surface area contributed by atoms with Crippen molar-refractivity contribution in [3.05, 3.63) is 36.5 Å². The second-order valence-electron chi connectivity index (χ2n) is 3.40. The van der Waals surface area contributed by atoms with E-state index in [1.807, 2.05) is 22.9 Å². The number of rotatable bonds is 0. The first-order valence-corrected chi connectivity index (χ1v) is 4.73. The molecule has 2 aromatic heterocycles. The van der Waals surface area contributed by atoms with Gasteiger partial charge in [0.05, 0.1) is 6.04 Å². The van der Waals surface area contributed by atoms with Crippen LogP contribution in [0.5, 0.6) is 5.75 Å². The summed E-state index contributed by atoms with van der Waals surface area (Å²) in [5, 5.41) is 0. The predicted molar refractivity (Wildman–Crippen MR) is 53.8 cm³/mol. The number of hydrogen-bond donors (Lipinski definition) is 1. The van der Waals surface area contributed by atoms with E-state index in [0.717, 1.165) is 17.4 Å². The summed E-state index contributed by atoms with van der Waals surface area (Å²) >= 11 is 0. The SMILES string of the molecule is NC1COc2cccnc2-n2ccnc21. The number of ether oxygens (including phenoxy) is 1. The monoisotopic (exact) mass is 202 g/mol. The molecule has 0 bridgehead atoms. The van der Waals surface area contributed by atoms with Crippen LogP contribution < -0.4 is 10.5 Å². The third-order valence-corrected chi connectivity index (χ3v) is 2.40. The van der Waals surface area contributed by atoms with Crippen molar-refractivity contribution >= 4 is 0 Å². The Bertz CT molecular complexity index is 494. The van der Waals surface area contributed by atoms with Crippen LogP contribution in [0.15, 0.2) is 30.7 Å². The molecule has 0 aliphatic carbocycles. The summed E-state index contributed by atoms with van der Waals surface area (Å²) < 4.78 is 7.42. The molecule has 0 saturated heterocycles. The normalized spacial score (nSPS) is 18.6. The number of imidazole rings is 1. The van der Waals surface area contributed by atoms with Gasteiger partial charge in [0.15, 0.2) is 11.6 Å². The van der Waals surface area contributed by atoms with Gasteiger partial charge in [-0.3, -0.25) is 4.57 Å². The molecule has 1 unspecified atom stereocenters. The van der Waals surface area contributed by atoms with Gasteiger partial charge in [0.2, 0.25) is 0 Å². The van der Waals surface area contributed by atoms with Crippen LogP contribution >= 0.6 is 0 Å². The lowest BCUT2D eigenvalue weighted by Crippen LogP contribution is -2.20. The molecular weight excluding hydrogens is 192 g/mol. The fourth-order valence-electron chi connectivity index (χ4n) is 1.70. The molecule has 5 nitrogen and oxygen atoms in total. The van der Waals surface area contributed by atoms with E-state index in [1.54, 1.807) is 12.4 Å². The highest BCUT2D eigenvalue weighted by Gasteiger charge is 2.21. The van der Waals surface area contributed by atoms with E-state index in [4.69, 9.17) is 10.5 Å². The van der Waals surface area contributed by atoms with E-state index in [1.165, 1.54) is 0 Å². The number of nitrogens with two attached hydrogens (primary N) is 1. The lowest BCUT2D eigenvalue weighted by atomic mass is 10.3. The maximum absolute atomic E-state index is 5.93. The summed E-state index contributed by atoms with van der Waals surface area (Å²) in [5.41, 5.74) is 5.93. The Balaban J connectivity index is 2.26. The van der Waals surface area contributed by atoms with Crippen molar-refractivity contribution in [2.75, 3.05) is 6.61 Å². The summed E-state index contributed by atoms with van der Waals surface area (Å²) in [7, 11) is 0. The second-order valence-corrected chi connectivity index (χ2v) is 3.40. The van der Waals surface area contributed by atoms with E-state index in [2.05, 4.69) is 9.97 Å². The Morgan fingerprint density at radius 3 is 3.27 bits per heavy atom. The first kappa shape index (κ1) is 8.43. The number of aromatic nitrogens is 3.